The van der Waals surface area contributed by atoms with Gasteiger partial charge in [0.2, 0.25) is 0 Å². The van der Waals surface area contributed by atoms with Crippen LogP contribution in [-0.4, -0.2) is 56.1 Å². The maximum Gasteiger partial charge on any atom is 0.287 e. The molecule has 0 atom stereocenters. The Kier molecular flexibility index (Phi) is 4.59. The topological polar surface area (TPSA) is 138 Å². The smallest absolute Gasteiger partial charge is 0.287 e. The lowest BCUT2D eigenvalue weighted by Crippen LogP contribution is -2.57. The summed E-state index contributed by atoms with van der Waals surface area (Å²) in [7, 11) is 1.44. The van der Waals surface area contributed by atoms with E-state index in [0.717, 1.165) is 12.3 Å². The van der Waals surface area contributed by atoms with Crippen molar-refractivity contribution in [3.8, 4) is 0 Å². The van der Waals surface area contributed by atoms with Crippen molar-refractivity contribution in [3.63, 3.8) is 0 Å². The zero-order valence-corrected chi connectivity index (χ0v) is 10.2. The van der Waals surface area contributed by atoms with Crippen LogP contribution >= 0.6 is 0 Å². The molecule has 0 unspecified atom stereocenters. The molecule has 0 bridgehead atoms. The minimum Gasteiger partial charge on any atom is -0.394 e. The Balaban J connectivity index is 2.98. The van der Waals surface area contributed by atoms with Gasteiger partial charge in [-0.15, -0.1) is 0 Å². The van der Waals surface area contributed by atoms with E-state index in [1.807, 2.05) is 0 Å². The fourth-order valence-corrected chi connectivity index (χ4v) is 1.45. The Hall–Kier alpha value is -1.97. The molecule has 19 heavy (non-hydrogen) atoms. The molecule has 4 N–H and O–H groups in total. The van der Waals surface area contributed by atoms with E-state index in [1.54, 1.807) is 0 Å². The predicted octanol–water partition coefficient (Wildman–Crippen LogP) is -1.62. The number of nitrogens with one attached hydrogen (secondary N) is 1. The molecule has 1 rings (SSSR count). The Bertz CT molecular complexity index is 471. The van der Waals surface area contributed by atoms with Crippen LogP contribution in [0.3, 0.4) is 0 Å². The number of nitro groups is 1. The lowest BCUT2D eigenvalue weighted by Gasteiger charge is -2.28. The summed E-state index contributed by atoms with van der Waals surface area (Å²) in [4.78, 5) is 21.8. The Morgan fingerprint density at radius 1 is 1.42 bits per heavy atom. The van der Waals surface area contributed by atoms with Crippen molar-refractivity contribution in [3.05, 3.63) is 28.1 Å². The van der Waals surface area contributed by atoms with Crippen molar-refractivity contribution in [2.75, 3.05) is 19.8 Å². The summed E-state index contributed by atoms with van der Waals surface area (Å²) in [6.45, 7) is -2.01. The normalized spacial score (nSPS) is 11.4. The number of carbonyl (C=O) groups is 1. The van der Waals surface area contributed by atoms with Crippen LogP contribution in [-0.2, 0) is 7.05 Å². The zero-order chi connectivity index (χ0) is 14.6. The highest BCUT2D eigenvalue weighted by atomic mass is 16.6. The molecule has 1 aromatic rings. The first-order chi connectivity index (χ1) is 8.89. The predicted molar refractivity (Wildman–Crippen MR) is 63.5 cm³/mol. The first-order valence-electron chi connectivity index (χ1n) is 5.35. The average molecular weight is 273 g/mol. The summed E-state index contributed by atoms with van der Waals surface area (Å²) in [5.41, 5.74) is -1.85. The summed E-state index contributed by atoms with van der Waals surface area (Å²) < 4.78 is 1.24. The van der Waals surface area contributed by atoms with Gasteiger partial charge in [-0.1, -0.05) is 0 Å². The first kappa shape index (κ1) is 15.1. The molecule has 0 radical (unpaired) electrons. The third-order valence-corrected chi connectivity index (χ3v) is 2.72. The molecule has 9 nitrogen and oxygen atoms in total. The van der Waals surface area contributed by atoms with Crippen LogP contribution in [0, 0.1) is 10.1 Å². The van der Waals surface area contributed by atoms with Crippen molar-refractivity contribution in [1.82, 2.24) is 9.88 Å². The van der Waals surface area contributed by atoms with E-state index < -0.39 is 36.2 Å². The van der Waals surface area contributed by atoms with Crippen LogP contribution in [0.15, 0.2) is 12.3 Å². The van der Waals surface area contributed by atoms with Crippen LogP contribution in [0.1, 0.15) is 10.5 Å². The molecule has 0 aliphatic rings. The molecule has 1 aromatic heterocycles. The number of aryl methyl sites for hydroxylation is 1. The second-order valence-electron chi connectivity index (χ2n) is 4.16. The molecular weight excluding hydrogens is 258 g/mol. The fraction of sp³-hybridized carbons (Fsp3) is 0.500. The van der Waals surface area contributed by atoms with Gasteiger partial charge in [-0.25, -0.2) is 0 Å². The van der Waals surface area contributed by atoms with E-state index in [9.17, 15) is 14.9 Å². The first-order valence-corrected chi connectivity index (χ1v) is 5.35. The van der Waals surface area contributed by atoms with Crippen molar-refractivity contribution in [2.24, 2.45) is 7.05 Å². The van der Waals surface area contributed by atoms with Gasteiger partial charge in [0.1, 0.15) is 11.2 Å². The third-order valence-electron chi connectivity index (χ3n) is 2.72. The second kappa shape index (κ2) is 5.78. The van der Waals surface area contributed by atoms with Gasteiger partial charge in [-0.3, -0.25) is 14.9 Å². The van der Waals surface area contributed by atoms with E-state index in [1.165, 1.54) is 11.6 Å². The molecule has 0 spiro atoms. The second-order valence-corrected chi connectivity index (χ2v) is 4.16. The highest BCUT2D eigenvalue weighted by Crippen LogP contribution is 2.16. The molecular formula is C10H15N3O6. The molecule has 0 aromatic carbocycles. The van der Waals surface area contributed by atoms with Gasteiger partial charge in [-0.2, -0.15) is 0 Å². The molecule has 0 aliphatic heterocycles. The monoisotopic (exact) mass is 273 g/mol. The van der Waals surface area contributed by atoms with E-state index in [-0.39, 0.29) is 11.4 Å². The highest BCUT2D eigenvalue weighted by molar-refractivity contribution is 5.94. The molecule has 1 heterocycles. The van der Waals surface area contributed by atoms with Crippen LogP contribution in [0.5, 0.6) is 0 Å². The summed E-state index contributed by atoms with van der Waals surface area (Å²) in [6.07, 6.45) is 1.16. The average Bonchev–Trinajstić information content (AvgIpc) is 2.78. The Morgan fingerprint density at radius 2 is 1.95 bits per heavy atom. The number of nitrogens with zero attached hydrogens (tertiary/aromatic N) is 2. The van der Waals surface area contributed by atoms with Crippen LogP contribution in [0.25, 0.3) is 0 Å². The third kappa shape index (κ3) is 3.08. The van der Waals surface area contributed by atoms with Gasteiger partial charge in [0.25, 0.3) is 11.6 Å². The SMILES string of the molecule is Cn1cc([N+](=O)[O-])cc1C(=O)NC(CO)(CO)CO. The van der Waals surface area contributed by atoms with E-state index in [4.69, 9.17) is 15.3 Å². The summed E-state index contributed by atoms with van der Waals surface area (Å²) in [5.74, 6) is -0.743. The van der Waals surface area contributed by atoms with Crippen molar-refractivity contribution in [1.29, 1.82) is 0 Å². The minimum absolute atomic E-state index is 0.0218. The Labute approximate surface area is 108 Å². The summed E-state index contributed by atoms with van der Waals surface area (Å²) >= 11 is 0. The maximum atomic E-state index is 11.9. The molecule has 0 fully saturated rings. The number of aromatic nitrogens is 1. The lowest BCUT2D eigenvalue weighted by molar-refractivity contribution is -0.384. The number of hydrogen-bond acceptors (Lipinski definition) is 6. The van der Waals surface area contributed by atoms with Gasteiger partial charge in [0.15, 0.2) is 0 Å². The summed E-state index contributed by atoms with van der Waals surface area (Å²) in [5, 5.41) is 40.1. The molecule has 0 aliphatic carbocycles. The number of aliphatic hydroxyl groups excluding tert-OH is 3. The lowest BCUT2D eigenvalue weighted by atomic mass is 10.0. The minimum atomic E-state index is -1.57. The van der Waals surface area contributed by atoms with Crippen LogP contribution < -0.4 is 5.32 Å². The van der Waals surface area contributed by atoms with E-state index >= 15 is 0 Å². The van der Waals surface area contributed by atoms with Gasteiger partial charge < -0.3 is 25.2 Å². The van der Waals surface area contributed by atoms with Gasteiger partial charge in [-0.05, 0) is 0 Å². The number of rotatable bonds is 6. The molecule has 1 amide bonds. The number of aliphatic hydroxyl groups is 3. The molecule has 0 saturated carbocycles. The Morgan fingerprint density at radius 3 is 2.32 bits per heavy atom. The van der Waals surface area contributed by atoms with Crippen molar-refractivity contribution in [2.45, 2.75) is 5.54 Å². The van der Waals surface area contributed by atoms with Crippen LogP contribution in [0.2, 0.25) is 0 Å². The fourth-order valence-electron chi connectivity index (χ4n) is 1.45. The van der Waals surface area contributed by atoms with E-state index in [0.29, 0.717) is 0 Å². The quantitative estimate of drug-likeness (QED) is 0.363. The molecule has 9 heteroatoms. The van der Waals surface area contributed by atoms with Crippen molar-refractivity contribution >= 4 is 11.6 Å². The van der Waals surface area contributed by atoms with Crippen molar-refractivity contribution < 1.29 is 25.0 Å². The van der Waals surface area contributed by atoms with Gasteiger partial charge in [0, 0.05) is 13.1 Å². The van der Waals surface area contributed by atoms with Crippen LogP contribution in [0.4, 0.5) is 5.69 Å². The van der Waals surface area contributed by atoms with Gasteiger partial charge >= 0.3 is 0 Å². The number of amides is 1. The van der Waals surface area contributed by atoms with E-state index in [2.05, 4.69) is 5.32 Å². The standard InChI is InChI=1S/C10H15N3O6/c1-12-3-7(13(18)19)2-8(12)9(17)11-10(4-14,5-15)6-16/h2-3,14-16H,4-6H2,1H3,(H,11,17). The molecule has 0 saturated heterocycles. The summed E-state index contributed by atoms with van der Waals surface area (Å²) in [6, 6.07) is 1.06. The highest BCUT2D eigenvalue weighted by Gasteiger charge is 2.31. The zero-order valence-electron chi connectivity index (χ0n) is 10.2. The maximum absolute atomic E-state index is 11.9. The largest absolute Gasteiger partial charge is 0.394 e. The molecule has 106 valence electrons. The number of hydrogen-bond donors (Lipinski definition) is 4. The number of carbonyl (C=O) groups excluding carboxylic acids is 1. The van der Waals surface area contributed by atoms with Gasteiger partial charge in [0.05, 0.1) is 30.9 Å².